The van der Waals surface area contributed by atoms with E-state index in [2.05, 4.69) is 28.1 Å². The third-order valence-electron chi connectivity index (χ3n) is 5.16. The van der Waals surface area contributed by atoms with Crippen molar-refractivity contribution in [2.24, 2.45) is 17.8 Å². The van der Waals surface area contributed by atoms with Crippen LogP contribution in [0.15, 0.2) is 15.9 Å². The summed E-state index contributed by atoms with van der Waals surface area (Å²) in [4.78, 5) is 1.31. The first-order valence-corrected chi connectivity index (χ1v) is 9.25. The topological polar surface area (TPSA) is 20.2 Å². The Morgan fingerprint density at radius 1 is 1.16 bits per heavy atom. The first kappa shape index (κ1) is 14.1. The number of halogens is 1. The zero-order valence-electron chi connectivity index (χ0n) is 11.4. The van der Waals surface area contributed by atoms with Crippen LogP contribution in [0.1, 0.15) is 49.8 Å². The van der Waals surface area contributed by atoms with Crippen LogP contribution in [0.5, 0.6) is 0 Å². The van der Waals surface area contributed by atoms with Crippen molar-refractivity contribution in [3.05, 3.63) is 20.8 Å². The normalized spacial score (nSPS) is 32.8. The highest BCUT2D eigenvalue weighted by atomic mass is 79.9. The summed E-state index contributed by atoms with van der Waals surface area (Å²) >= 11 is 5.26. The SMILES string of the molecule is OC(Cc1ccc(Br)s1)C1CCC2CCCCC2C1. The molecule has 4 atom stereocenters. The van der Waals surface area contributed by atoms with Crippen LogP contribution in [0, 0.1) is 17.8 Å². The van der Waals surface area contributed by atoms with Crippen molar-refractivity contribution in [3.8, 4) is 0 Å². The molecule has 0 aromatic carbocycles. The summed E-state index contributed by atoms with van der Waals surface area (Å²) in [5.74, 6) is 2.44. The van der Waals surface area contributed by atoms with Gasteiger partial charge in [0.2, 0.25) is 0 Å². The molecule has 1 aromatic rings. The largest absolute Gasteiger partial charge is 0.392 e. The molecule has 3 rings (SSSR count). The number of rotatable bonds is 3. The molecule has 0 saturated heterocycles. The van der Waals surface area contributed by atoms with Crippen LogP contribution in [0.25, 0.3) is 0 Å². The van der Waals surface area contributed by atoms with Crippen molar-refractivity contribution >= 4 is 27.3 Å². The Kier molecular flexibility index (Phi) is 4.66. The van der Waals surface area contributed by atoms with Gasteiger partial charge in [-0.1, -0.05) is 25.7 Å². The molecule has 4 unspecified atom stereocenters. The smallest absolute Gasteiger partial charge is 0.0701 e. The van der Waals surface area contributed by atoms with E-state index >= 15 is 0 Å². The first-order valence-electron chi connectivity index (χ1n) is 7.64. The number of hydrogen-bond acceptors (Lipinski definition) is 2. The van der Waals surface area contributed by atoms with E-state index in [-0.39, 0.29) is 6.10 Å². The molecule has 106 valence electrons. The lowest BCUT2D eigenvalue weighted by Crippen LogP contribution is -2.34. The zero-order chi connectivity index (χ0) is 13.2. The number of hydrogen-bond donors (Lipinski definition) is 1. The number of thiophene rings is 1. The Balaban J connectivity index is 1.56. The van der Waals surface area contributed by atoms with E-state index in [4.69, 9.17) is 0 Å². The summed E-state index contributed by atoms with van der Waals surface area (Å²) < 4.78 is 1.17. The lowest BCUT2D eigenvalue weighted by atomic mass is 9.66. The molecule has 0 amide bonds. The quantitative estimate of drug-likeness (QED) is 0.817. The maximum atomic E-state index is 10.5. The van der Waals surface area contributed by atoms with Crippen LogP contribution >= 0.6 is 27.3 Å². The fourth-order valence-electron chi connectivity index (χ4n) is 4.09. The lowest BCUT2D eigenvalue weighted by molar-refractivity contribution is 0.0365. The van der Waals surface area contributed by atoms with E-state index in [0.717, 1.165) is 18.3 Å². The molecule has 1 nitrogen and oxygen atoms in total. The van der Waals surface area contributed by atoms with Crippen LogP contribution in [0.2, 0.25) is 0 Å². The standard InChI is InChI=1S/C16H23BrOS/c17-16-8-7-14(19-16)10-15(18)13-6-5-11-3-1-2-4-12(11)9-13/h7-8,11-13,15,18H,1-6,9-10H2. The minimum Gasteiger partial charge on any atom is -0.392 e. The van der Waals surface area contributed by atoms with Gasteiger partial charge in [0, 0.05) is 11.3 Å². The van der Waals surface area contributed by atoms with Gasteiger partial charge < -0.3 is 5.11 Å². The molecule has 2 saturated carbocycles. The molecule has 2 fully saturated rings. The summed E-state index contributed by atoms with van der Waals surface area (Å²) in [6.07, 6.45) is 10.3. The molecule has 2 aliphatic carbocycles. The fraction of sp³-hybridized carbons (Fsp3) is 0.750. The second-order valence-electron chi connectivity index (χ2n) is 6.36. The van der Waals surface area contributed by atoms with E-state index < -0.39 is 0 Å². The van der Waals surface area contributed by atoms with Crippen molar-refractivity contribution in [2.45, 2.75) is 57.5 Å². The van der Waals surface area contributed by atoms with Crippen LogP contribution in [-0.4, -0.2) is 11.2 Å². The second kappa shape index (κ2) is 6.28. The van der Waals surface area contributed by atoms with Gasteiger partial charge in [-0.15, -0.1) is 11.3 Å². The molecule has 1 N–H and O–H groups in total. The van der Waals surface area contributed by atoms with Gasteiger partial charge in [0.25, 0.3) is 0 Å². The molecule has 1 heterocycles. The van der Waals surface area contributed by atoms with E-state index in [9.17, 15) is 5.11 Å². The average Bonchev–Trinajstić information content (AvgIpc) is 2.83. The minimum absolute atomic E-state index is 0.131. The van der Waals surface area contributed by atoms with Gasteiger partial charge in [0.05, 0.1) is 9.89 Å². The van der Waals surface area contributed by atoms with Crippen LogP contribution < -0.4 is 0 Å². The zero-order valence-corrected chi connectivity index (χ0v) is 13.8. The predicted molar refractivity (Wildman–Crippen MR) is 84.5 cm³/mol. The Labute approximate surface area is 128 Å². The maximum Gasteiger partial charge on any atom is 0.0701 e. The van der Waals surface area contributed by atoms with Gasteiger partial charge in [0.15, 0.2) is 0 Å². The Morgan fingerprint density at radius 2 is 1.95 bits per heavy atom. The Morgan fingerprint density at radius 3 is 2.68 bits per heavy atom. The van der Waals surface area contributed by atoms with Gasteiger partial charge in [-0.05, 0) is 65.1 Å². The molecular weight excluding hydrogens is 320 g/mol. The van der Waals surface area contributed by atoms with Crippen molar-refractivity contribution in [1.82, 2.24) is 0 Å². The molecule has 2 aliphatic rings. The predicted octanol–water partition coefficient (Wildman–Crippen LogP) is 5.02. The molecule has 0 bridgehead atoms. The lowest BCUT2D eigenvalue weighted by Gasteiger charge is -2.40. The van der Waals surface area contributed by atoms with Crippen LogP contribution in [-0.2, 0) is 6.42 Å². The van der Waals surface area contributed by atoms with Gasteiger partial charge in [0.1, 0.15) is 0 Å². The van der Waals surface area contributed by atoms with Crippen molar-refractivity contribution in [1.29, 1.82) is 0 Å². The summed E-state index contributed by atoms with van der Waals surface area (Å²) in [5, 5.41) is 10.5. The first-order chi connectivity index (χ1) is 9.22. The van der Waals surface area contributed by atoms with E-state index in [1.807, 2.05) is 0 Å². The molecule has 1 aromatic heterocycles. The van der Waals surface area contributed by atoms with E-state index in [1.165, 1.54) is 53.6 Å². The van der Waals surface area contributed by atoms with Gasteiger partial charge >= 0.3 is 0 Å². The van der Waals surface area contributed by atoms with Gasteiger partial charge in [-0.3, -0.25) is 0 Å². The molecule has 0 aliphatic heterocycles. The average molecular weight is 343 g/mol. The highest BCUT2D eigenvalue weighted by Crippen LogP contribution is 2.44. The van der Waals surface area contributed by atoms with Crippen LogP contribution in [0.3, 0.4) is 0 Å². The summed E-state index contributed by atoms with van der Waals surface area (Å²) in [7, 11) is 0. The Bertz CT molecular complexity index is 417. The van der Waals surface area contributed by atoms with Crippen LogP contribution in [0.4, 0.5) is 0 Å². The minimum atomic E-state index is -0.131. The number of aliphatic hydroxyl groups excluding tert-OH is 1. The summed E-state index contributed by atoms with van der Waals surface area (Å²) in [5.41, 5.74) is 0. The third-order valence-corrected chi connectivity index (χ3v) is 6.81. The molecular formula is C16H23BrOS. The molecule has 19 heavy (non-hydrogen) atoms. The monoisotopic (exact) mass is 342 g/mol. The van der Waals surface area contributed by atoms with Gasteiger partial charge in [-0.25, -0.2) is 0 Å². The fourth-order valence-corrected chi connectivity index (χ4v) is 5.63. The van der Waals surface area contributed by atoms with E-state index in [1.54, 1.807) is 11.3 Å². The molecule has 3 heteroatoms. The number of aliphatic hydroxyl groups is 1. The summed E-state index contributed by atoms with van der Waals surface area (Å²) in [6.45, 7) is 0. The Hall–Kier alpha value is 0.140. The number of fused-ring (bicyclic) bond motifs is 1. The maximum absolute atomic E-state index is 10.5. The van der Waals surface area contributed by atoms with Crippen molar-refractivity contribution in [2.75, 3.05) is 0 Å². The van der Waals surface area contributed by atoms with E-state index in [0.29, 0.717) is 5.92 Å². The summed E-state index contributed by atoms with van der Waals surface area (Å²) in [6, 6.07) is 4.23. The molecule has 0 spiro atoms. The highest BCUT2D eigenvalue weighted by Gasteiger charge is 2.34. The highest BCUT2D eigenvalue weighted by molar-refractivity contribution is 9.11. The van der Waals surface area contributed by atoms with Gasteiger partial charge in [-0.2, -0.15) is 0 Å². The molecule has 0 radical (unpaired) electrons. The van der Waals surface area contributed by atoms with Crippen molar-refractivity contribution in [3.63, 3.8) is 0 Å². The van der Waals surface area contributed by atoms with Crippen molar-refractivity contribution < 1.29 is 5.11 Å². The third kappa shape index (κ3) is 3.43. The second-order valence-corrected chi connectivity index (χ2v) is 8.90.